The van der Waals surface area contributed by atoms with Gasteiger partial charge in [-0.05, 0) is 12.1 Å². The quantitative estimate of drug-likeness (QED) is 0.427. The SMILES string of the molecule is COCCOc1ccc(NC(=O)CCC(C)(C)[N+](=O)[O-])cc1F. The summed E-state index contributed by atoms with van der Waals surface area (Å²) in [6.45, 7) is 3.46. The molecule has 1 N–H and O–H groups in total. The van der Waals surface area contributed by atoms with Gasteiger partial charge in [-0.15, -0.1) is 0 Å². The third kappa shape index (κ3) is 6.19. The van der Waals surface area contributed by atoms with Gasteiger partial charge in [-0.3, -0.25) is 14.9 Å². The number of rotatable bonds is 9. The molecule has 0 heterocycles. The average Bonchev–Trinajstić information content (AvgIpc) is 2.47. The Balaban J connectivity index is 2.55. The van der Waals surface area contributed by atoms with Crippen LogP contribution in [-0.4, -0.2) is 36.7 Å². The number of nitro groups is 1. The highest BCUT2D eigenvalue weighted by molar-refractivity contribution is 5.90. The molecule has 0 radical (unpaired) electrons. The Bertz CT molecular complexity index is 563. The zero-order chi connectivity index (χ0) is 17.5. The molecule has 7 nitrogen and oxygen atoms in total. The van der Waals surface area contributed by atoms with E-state index >= 15 is 0 Å². The number of methoxy groups -OCH3 is 1. The number of amides is 1. The average molecular weight is 328 g/mol. The van der Waals surface area contributed by atoms with Gasteiger partial charge in [0.25, 0.3) is 0 Å². The number of hydrogen-bond donors (Lipinski definition) is 1. The molecule has 0 unspecified atom stereocenters. The van der Waals surface area contributed by atoms with Gasteiger partial charge in [0.2, 0.25) is 11.4 Å². The molecule has 1 rings (SSSR count). The molecular weight excluding hydrogens is 307 g/mol. The van der Waals surface area contributed by atoms with Crippen molar-refractivity contribution in [3.05, 3.63) is 34.1 Å². The van der Waals surface area contributed by atoms with Gasteiger partial charge in [-0.2, -0.15) is 0 Å². The molecule has 0 spiro atoms. The summed E-state index contributed by atoms with van der Waals surface area (Å²) >= 11 is 0. The molecule has 128 valence electrons. The van der Waals surface area contributed by atoms with Crippen LogP contribution >= 0.6 is 0 Å². The van der Waals surface area contributed by atoms with Crippen molar-refractivity contribution in [2.45, 2.75) is 32.2 Å². The minimum Gasteiger partial charge on any atom is -0.488 e. The van der Waals surface area contributed by atoms with E-state index in [1.165, 1.54) is 33.1 Å². The van der Waals surface area contributed by atoms with Gasteiger partial charge in [0.05, 0.1) is 6.61 Å². The Morgan fingerprint density at radius 3 is 2.65 bits per heavy atom. The standard InChI is InChI=1S/C15H21FN2O5/c1-15(2,18(20)21)7-6-14(19)17-11-4-5-13(12(16)10-11)23-9-8-22-3/h4-5,10H,6-9H2,1-3H3,(H,17,19). The summed E-state index contributed by atoms with van der Waals surface area (Å²) < 4.78 is 23.8. The number of ether oxygens (including phenoxy) is 2. The highest BCUT2D eigenvalue weighted by Gasteiger charge is 2.30. The normalized spacial score (nSPS) is 11.1. The van der Waals surface area contributed by atoms with Crippen LogP contribution in [-0.2, 0) is 9.53 Å². The van der Waals surface area contributed by atoms with Crippen LogP contribution in [0.15, 0.2) is 18.2 Å². The lowest BCUT2D eigenvalue weighted by Crippen LogP contribution is -2.32. The van der Waals surface area contributed by atoms with Crippen LogP contribution in [0.2, 0.25) is 0 Å². The first kappa shape index (κ1) is 18.8. The molecule has 1 aromatic carbocycles. The first-order valence-corrected chi connectivity index (χ1v) is 7.12. The summed E-state index contributed by atoms with van der Waals surface area (Å²) in [6.07, 6.45) is 0.0637. The van der Waals surface area contributed by atoms with E-state index in [4.69, 9.17) is 9.47 Å². The van der Waals surface area contributed by atoms with Crippen molar-refractivity contribution >= 4 is 11.6 Å². The molecule has 0 aliphatic heterocycles. The number of anilines is 1. The number of halogens is 1. The maximum absolute atomic E-state index is 13.8. The van der Waals surface area contributed by atoms with E-state index in [0.29, 0.717) is 6.61 Å². The molecule has 0 bridgehead atoms. The van der Waals surface area contributed by atoms with Gasteiger partial charge in [0.1, 0.15) is 6.61 Å². The maximum atomic E-state index is 13.8. The third-order valence-corrected chi connectivity index (χ3v) is 3.22. The molecule has 0 saturated carbocycles. The summed E-state index contributed by atoms with van der Waals surface area (Å²) in [5.41, 5.74) is -0.910. The van der Waals surface area contributed by atoms with E-state index in [1.54, 1.807) is 0 Å². The monoisotopic (exact) mass is 328 g/mol. The molecule has 0 aliphatic rings. The molecule has 1 amide bonds. The van der Waals surface area contributed by atoms with Crippen LogP contribution in [0.25, 0.3) is 0 Å². The lowest BCUT2D eigenvalue weighted by molar-refractivity contribution is -0.561. The third-order valence-electron chi connectivity index (χ3n) is 3.22. The maximum Gasteiger partial charge on any atom is 0.224 e. The smallest absolute Gasteiger partial charge is 0.224 e. The Labute approximate surface area is 133 Å². The highest BCUT2D eigenvalue weighted by Crippen LogP contribution is 2.22. The molecule has 0 aliphatic carbocycles. The van der Waals surface area contributed by atoms with Gasteiger partial charge in [0.15, 0.2) is 11.6 Å². The summed E-state index contributed by atoms with van der Waals surface area (Å²) in [5, 5.41) is 13.3. The second-order valence-corrected chi connectivity index (χ2v) is 5.60. The lowest BCUT2D eigenvalue weighted by atomic mass is 9.99. The van der Waals surface area contributed by atoms with Crippen LogP contribution in [0, 0.1) is 15.9 Å². The van der Waals surface area contributed by atoms with Gasteiger partial charge in [0, 0.05) is 50.5 Å². The van der Waals surface area contributed by atoms with E-state index < -0.39 is 22.2 Å². The number of carbonyl (C=O) groups is 1. The molecule has 0 atom stereocenters. The van der Waals surface area contributed by atoms with E-state index in [9.17, 15) is 19.3 Å². The zero-order valence-electron chi connectivity index (χ0n) is 13.4. The predicted molar refractivity (Wildman–Crippen MR) is 82.7 cm³/mol. The number of benzene rings is 1. The summed E-state index contributed by atoms with van der Waals surface area (Å²) in [7, 11) is 1.51. The number of nitrogens with zero attached hydrogens (tertiary/aromatic N) is 1. The van der Waals surface area contributed by atoms with Crippen molar-refractivity contribution in [3.8, 4) is 5.75 Å². The van der Waals surface area contributed by atoms with Crippen molar-refractivity contribution in [1.82, 2.24) is 0 Å². The number of carbonyl (C=O) groups excluding carboxylic acids is 1. The van der Waals surface area contributed by atoms with Crippen molar-refractivity contribution < 1.29 is 23.6 Å². The second kappa shape index (κ2) is 8.42. The fourth-order valence-corrected chi connectivity index (χ4v) is 1.66. The van der Waals surface area contributed by atoms with Crippen LogP contribution in [0.5, 0.6) is 5.75 Å². The van der Waals surface area contributed by atoms with Gasteiger partial charge in [-0.1, -0.05) is 0 Å². The van der Waals surface area contributed by atoms with Crippen molar-refractivity contribution in [3.63, 3.8) is 0 Å². The Hall–Kier alpha value is -2.22. The summed E-state index contributed by atoms with van der Waals surface area (Å²) in [4.78, 5) is 22.1. The summed E-state index contributed by atoms with van der Waals surface area (Å²) in [6, 6.07) is 4.04. The zero-order valence-corrected chi connectivity index (χ0v) is 13.4. The lowest BCUT2D eigenvalue weighted by Gasteiger charge is -2.15. The van der Waals surface area contributed by atoms with E-state index in [2.05, 4.69) is 5.32 Å². The fraction of sp³-hybridized carbons (Fsp3) is 0.533. The molecule has 23 heavy (non-hydrogen) atoms. The van der Waals surface area contributed by atoms with E-state index in [0.717, 1.165) is 6.07 Å². The van der Waals surface area contributed by atoms with Crippen molar-refractivity contribution in [2.75, 3.05) is 25.6 Å². The number of nitrogens with one attached hydrogen (secondary N) is 1. The Morgan fingerprint density at radius 1 is 1.39 bits per heavy atom. The predicted octanol–water partition coefficient (Wildman–Crippen LogP) is 2.62. The second-order valence-electron chi connectivity index (χ2n) is 5.60. The van der Waals surface area contributed by atoms with E-state index in [1.807, 2.05) is 0 Å². The molecular formula is C15H21FN2O5. The molecule has 8 heteroatoms. The van der Waals surface area contributed by atoms with Crippen LogP contribution in [0.4, 0.5) is 10.1 Å². The first-order valence-electron chi connectivity index (χ1n) is 7.12. The van der Waals surface area contributed by atoms with Crippen molar-refractivity contribution in [1.29, 1.82) is 0 Å². The van der Waals surface area contributed by atoms with Crippen LogP contribution in [0.3, 0.4) is 0 Å². The Morgan fingerprint density at radius 2 is 2.09 bits per heavy atom. The van der Waals surface area contributed by atoms with Gasteiger partial charge < -0.3 is 14.8 Å². The largest absolute Gasteiger partial charge is 0.488 e. The van der Waals surface area contributed by atoms with Crippen LogP contribution in [0.1, 0.15) is 26.7 Å². The van der Waals surface area contributed by atoms with Gasteiger partial charge in [-0.25, -0.2) is 4.39 Å². The van der Waals surface area contributed by atoms with Gasteiger partial charge >= 0.3 is 0 Å². The van der Waals surface area contributed by atoms with Crippen molar-refractivity contribution in [2.24, 2.45) is 0 Å². The van der Waals surface area contributed by atoms with E-state index in [-0.39, 0.29) is 30.9 Å². The minimum atomic E-state index is -1.18. The number of hydrogen-bond acceptors (Lipinski definition) is 5. The topological polar surface area (TPSA) is 90.7 Å². The molecule has 0 saturated heterocycles. The molecule has 1 aromatic rings. The minimum absolute atomic E-state index is 0.0261. The fourth-order valence-electron chi connectivity index (χ4n) is 1.66. The first-order chi connectivity index (χ1) is 10.8. The highest BCUT2D eigenvalue weighted by atomic mass is 19.1. The molecule has 0 aromatic heterocycles. The Kier molecular flexibility index (Phi) is 6.89. The van der Waals surface area contributed by atoms with Crippen LogP contribution < -0.4 is 10.1 Å². The summed E-state index contributed by atoms with van der Waals surface area (Å²) in [5.74, 6) is -0.952. The molecule has 0 fully saturated rings.